The zero-order valence-corrected chi connectivity index (χ0v) is 12.0. The van der Waals surface area contributed by atoms with Crippen molar-refractivity contribution in [1.82, 2.24) is 0 Å². The summed E-state index contributed by atoms with van der Waals surface area (Å²) in [7, 11) is 0. The predicted octanol–water partition coefficient (Wildman–Crippen LogP) is 4.12. The lowest BCUT2D eigenvalue weighted by atomic mass is 9.76. The van der Waals surface area contributed by atoms with E-state index in [4.69, 9.17) is 5.73 Å². The Labute approximate surface area is 112 Å². The molecule has 1 aromatic carbocycles. The van der Waals surface area contributed by atoms with Crippen LogP contribution in [0.15, 0.2) is 24.3 Å². The molecule has 2 N–H and O–H groups in total. The van der Waals surface area contributed by atoms with Crippen LogP contribution < -0.4 is 5.73 Å². The standard InChI is InChI=1S/C17H27N/c1-12(2)15-7-5-14(6-8-15)11-16-10-13(3)4-9-17(16)18/h5-8,12-13,16-17H,4,9-11,18H2,1-3H3. The Balaban J connectivity index is 1.99. The molecule has 100 valence electrons. The molecule has 3 atom stereocenters. The van der Waals surface area contributed by atoms with Crippen LogP contribution in [0.5, 0.6) is 0 Å². The third-order valence-electron chi connectivity index (χ3n) is 4.45. The summed E-state index contributed by atoms with van der Waals surface area (Å²) >= 11 is 0. The first kappa shape index (κ1) is 13.6. The summed E-state index contributed by atoms with van der Waals surface area (Å²) in [5.74, 6) is 2.15. The molecule has 0 aromatic heterocycles. The highest BCUT2D eigenvalue weighted by Crippen LogP contribution is 2.30. The molecule has 0 spiro atoms. The summed E-state index contributed by atoms with van der Waals surface area (Å²) < 4.78 is 0. The van der Waals surface area contributed by atoms with Gasteiger partial charge in [-0.05, 0) is 54.6 Å². The molecule has 0 saturated heterocycles. The number of hydrogen-bond donors (Lipinski definition) is 1. The third-order valence-corrected chi connectivity index (χ3v) is 4.45. The van der Waals surface area contributed by atoms with Gasteiger partial charge in [0.25, 0.3) is 0 Å². The molecule has 0 aliphatic heterocycles. The minimum Gasteiger partial charge on any atom is -0.327 e. The Bertz CT molecular complexity index is 366. The SMILES string of the molecule is CC1CCC(N)C(Cc2ccc(C(C)C)cc2)C1. The quantitative estimate of drug-likeness (QED) is 0.852. The van der Waals surface area contributed by atoms with E-state index in [9.17, 15) is 0 Å². The summed E-state index contributed by atoms with van der Waals surface area (Å²) in [6, 6.07) is 9.55. The third kappa shape index (κ3) is 3.35. The van der Waals surface area contributed by atoms with E-state index in [1.807, 2.05) is 0 Å². The van der Waals surface area contributed by atoms with Crippen LogP contribution >= 0.6 is 0 Å². The lowest BCUT2D eigenvalue weighted by Gasteiger charge is -2.32. The van der Waals surface area contributed by atoms with Crippen molar-refractivity contribution in [2.24, 2.45) is 17.6 Å². The van der Waals surface area contributed by atoms with Crippen molar-refractivity contribution in [2.75, 3.05) is 0 Å². The molecular formula is C17H27N. The van der Waals surface area contributed by atoms with E-state index in [1.54, 1.807) is 0 Å². The topological polar surface area (TPSA) is 26.0 Å². The zero-order chi connectivity index (χ0) is 13.1. The van der Waals surface area contributed by atoms with Crippen molar-refractivity contribution in [2.45, 2.75) is 58.4 Å². The fourth-order valence-corrected chi connectivity index (χ4v) is 3.10. The van der Waals surface area contributed by atoms with Gasteiger partial charge in [0.15, 0.2) is 0 Å². The lowest BCUT2D eigenvalue weighted by Crippen LogP contribution is -2.36. The fraction of sp³-hybridized carbons (Fsp3) is 0.647. The normalized spacial score (nSPS) is 28.6. The summed E-state index contributed by atoms with van der Waals surface area (Å²) in [4.78, 5) is 0. The maximum absolute atomic E-state index is 6.27. The van der Waals surface area contributed by atoms with Gasteiger partial charge in [0, 0.05) is 6.04 Å². The van der Waals surface area contributed by atoms with Crippen molar-refractivity contribution in [3.8, 4) is 0 Å². The van der Waals surface area contributed by atoms with E-state index >= 15 is 0 Å². The predicted molar refractivity (Wildman–Crippen MR) is 78.7 cm³/mol. The van der Waals surface area contributed by atoms with Crippen LogP contribution in [0.2, 0.25) is 0 Å². The average Bonchev–Trinajstić information content (AvgIpc) is 2.34. The highest BCUT2D eigenvalue weighted by atomic mass is 14.7. The van der Waals surface area contributed by atoms with Gasteiger partial charge in [0.1, 0.15) is 0 Å². The van der Waals surface area contributed by atoms with E-state index in [0.717, 1.165) is 12.3 Å². The van der Waals surface area contributed by atoms with Gasteiger partial charge in [-0.1, -0.05) is 45.0 Å². The Morgan fingerprint density at radius 3 is 2.44 bits per heavy atom. The molecule has 1 saturated carbocycles. The van der Waals surface area contributed by atoms with Gasteiger partial charge in [-0.3, -0.25) is 0 Å². The average molecular weight is 245 g/mol. The molecule has 0 bridgehead atoms. The number of benzene rings is 1. The van der Waals surface area contributed by atoms with Crippen LogP contribution in [0.25, 0.3) is 0 Å². The molecule has 0 heterocycles. The molecule has 3 unspecified atom stereocenters. The molecule has 1 aliphatic rings. The van der Waals surface area contributed by atoms with Gasteiger partial charge in [-0.25, -0.2) is 0 Å². The Hall–Kier alpha value is -0.820. The lowest BCUT2D eigenvalue weighted by molar-refractivity contribution is 0.245. The molecule has 0 amide bonds. The summed E-state index contributed by atoms with van der Waals surface area (Å²) in [6.45, 7) is 6.85. The first-order chi connectivity index (χ1) is 8.56. The van der Waals surface area contributed by atoms with Crippen LogP contribution in [-0.4, -0.2) is 6.04 Å². The minimum absolute atomic E-state index is 0.408. The van der Waals surface area contributed by atoms with Crippen molar-refractivity contribution in [3.63, 3.8) is 0 Å². The van der Waals surface area contributed by atoms with Crippen molar-refractivity contribution >= 4 is 0 Å². The second-order valence-electron chi connectivity index (χ2n) is 6.44. The molecule has 18 heavy (non-hydrogen) atoms. The summed E-state index contributed by atoms with van der Waals surface area (Å²) in [5.41, 5.74) is 9.15. The maximum Gasteiger partial charge on any atom is 0.00705 e. The van der Waals surface area contributed by atoms with Gasteiger partial charge in [0.05, 0.1) is 0 Å². The first-order valence-electron chi connectivity index (χ1n) is 7.40. The summed E-state index contributed by atoms with van der Waals surface area (Å²) in [5, 5.41) is 0. The summed E-state index contributed by atoms with van der Waals surface area (Å²) in [6.07, 6.45) is 4.97. The van der Waals surface area contributed by atoms with Crippen LogP contribution in [0.3, 0.4) is 0 Å². The second kappa shape index (κ2) is 5.88. The molecule has 0 radical (unpaired) electrons. The van der Waals surface area contributed by atoms with Crippen LogP contribution in [0.1, 0.15) is 57.1 Å². The van der Waals surface area contributed by atoms with Gasteiger partial charge >= 0.3 is 0 Å². The molecule has 1 aromatic rings. The van der Waals surface area contributed by atoms with E-state index in [0.29, 0.717) is 17.9 Å². The largest absolute Gasteiger partial charge is 0.327 e. The molecule has 2 rings (SSSR count). The van der Waals surface area contributed by atoms with E-state index in [1.165, 1.54) is 30.4 Å². The van der Waals surface area contributed by atoms with Crippen LogP contribution in [-0.2, 0) is 6.42 Å². The van der Waals surface area contributed by atoms with Crippen molar-refractivity contribution in [3.05, 3.63) is 35.4 Å². The molecule has 1 nitrogen and oxygen atoms in total. The highest BCUT2D eigenvalue weighted by molar-refractivity contribution is 5.25. The smallest absolute Gasteiger partial charge is 0.00705 e. The Morgan fingerprint density at radius 2 is 1.83 bits per heavy atom. The van der Waals surface area contributed by atoms with Crippen molar-refractivity contribution in [1.29, 1.82) is 0 Å². The van der Waals surface area contributed by atoms with E-state index in [2.05, 4.69) is 45.0 Å². The van der Waals surface area contributed by atoms with Gasteiger partial charge in [-0.15, -0.1) is 0 Å². The van der Waals surface area contributed by atoms with E-state index < -0.39 is 0 Å². The minimum atomic E-state index is 0.408. The van der Waals surface area contributed by atoms with Crippen LogP contribution in [0.4, 0.5) is 0 Å². The first-order valence-corrected chi connectivity index (χ1v) is 7.40. The Kier molecular flexibility index (Phi) is 4.45. The number of nitrogens with two attached hydrogens (primary N) is 1. The molecule has 1 heteroatoms. The second-order valence-corrected chi connectivity index (χ2v) is 6.44. The number of rotatable bonds is 3. The number of hydrogen-bond acceptors (Lipinski definition) is 1. The van der Waals surface area contributed by atoms with Gasteiger partial charge < -0.3 is 5.73 Å². The fourth-order valence-electron chi connectivity index (χ4n) is 3.10. The molecular weight excluding hydrogens is 218 g/mol. The maximum atomic E-state index is 6.27. The van der Waals surface area contributed by atoms with E-state index in [-0.39, 0.29) is 0 Å². The zero-order valence-electron chi connectivity index (χ0n) is 12.0. The van der Waals surface area contributed by atoms with Gasteiger partial charge in [-0.2, -0.15) is 0 Å². The molecule has 1 fully saturated rings. The van der Waals surface area contributed by atoms with Crippen LogP contribution in [0, 0.1) is 11.8 Å². The van der Waals surface area contributed by atoms with Crippen molar-refractivity contribution < 1.29 is 0 Å². The Morgan fingerprint density at radius 1 is 1.17 bits per heavy atom. The molecule has 1 aliphatic carbocycles. The highest BCUT2D eigenvalue weighted by Gasteiger charge is 2.25. The van der Waals surface area contributed by atoms with Gasteiger partial charge in [0.2, 0.25) is 0 Å². The monoisotopic (exact) mass is 245 g/mol.